The Morgan fingerprint density at radius 3 is 2.20 bits per heavy atom. The van der Waals surface area contributed by atoms with Gasteiger partial charge in [-0.2, -0.15) is 0 Å². The quantitative estimate of drug-likeness (QED) is 0.501. The lowest BCUT2D eigenvalue weighted by Crippen LogP contribution is -2.42. The van der Waals surface area contributed by atoms with Crippen LogP contribution >= 0.6 is 34.5 Å². The number of hydrogen-bond donors (Lipinski definition) is 2. The Bertz CT molecular complexity index is 1070. The van der Waals surface area contributed by atoms with Crippen LogP contribution in [0, 0.1) is 0 Å². The smallest absolute Gasteiger partial charge is 0.407 e. The van der Waals surface area contributed by atoms with Crippen LogP contribution in [-0.2, 0) is 16.0 Å². The fourth-order valence-corrected chi connectivity index (χ4v) is 5.22. The molecule has 1 aromatic heterocycles. The summed E-state index contributed by atoms with van der Waals surface area (Å²) in [7, 11) is 0. The van der Waals surface area contributed by atoms with Crippen molar-refractivity contribution in [2.24, 2.45) is 0 Å². The number of halogens is 2. The number of benzene rings is 2. The van der Waals surface area contributed by atoms with Crippen LogP contribution in [0.3, 0.4) is 0 Å². The maximum Gasteiger partial charge on any atom is 0.407 e. The minimum Gasteiger partial charge on any atom is -0.480 e. The van der Waals surface area contributed by atoms with E-state index in [1.165, 1.54) is 0 Å². The maximum atomic E-state index is 12.4. The van der Waals surface area contributed by atoms with Crippen molar-refractivity contribution in [2.45, 2.75) is 18.4 Å². The molecule has 2 aromatic carbocycles. The first-order valence-electron chi connectivity index (χ1n) is 9.22. The van der Waals surface area contributed by atoms with Gasteiger partial charge in [-0.1, -0.05) is 71.7 Å². The zero-order valence-electron chi connectivity index (χ0n) is 15.6. The van der Waals surface area contributed by atoms with Gasteiger partial charge in [0.05, 0.1) is 8.67 Å². The molecule has 5 nitrogen and oxygen atoms in total. The molecule has 1 aliphatic carbocycles. The maximum absolute atomic E-state index is 12.4. The zero-order valence-corrected chi connectivity index (χ0v) is 17.9. The van der Waals surface area contributed by atoms with Gasteiger partial charge in [0.1, 0.15) is 12.6 Å². The lowest BCUT2D eigenvalue weighted by atomic mass is 9.98. The summed E-state index contributed by atoms with van der Waals surface area (Å²) in [5.41, 5.74) is 4.98. The number of fused-ring (bicyclic) bond motifs is 3. The Kier molecular flexibility index (Phi) is 5.99. The molecule has 1 atom stereocenters. The number of amides is 1. The molecular formula is C22H17Cl2NO4S. The van der Waals surface area contributed by atoms with E-state index in [9.17, 15) is 14.7 Å². The Hall–Kier alpha value is -2.54. The van der Waals surface area contributed by atoms with Crippen LogP contribution < -0.4 is 5.32 Å². The normalized spacial score (nSPS) is 13.4. The molecule has 8 heteroatoms. The first-order valence-corrected chi connectivity index (χ1v) is 10.8. The third kappa shape index (κ3) is 4.17. The van der Waals surface area contributed by atoms with E-state index in [-0.39, 0.29) is 18.9 Å². The SMILES string of the molecule is O=C(NC(Cc1cc(Cl)sc1Cl)C(=O)O)OCC1c2ccccc2-c2ccccc21. The van der Waals surface area contributed by atoms with Gasteiger partial charge in [0, 0.05) is 12.3 Å². The number of thiophene rings is 1. The van der Waals surface area contributed by atoms with E-state index in [0.29, 0.717) is 14.2 Å². The van der Waals surface area contributed by atoms with Gasteiger partial charge in [-0.05, 0) is 33.9 Å². The Morgan fingerprint density at radius 1 is 1.07 bits per heavy atom. The molecule has 0 spiro atoms. The second-order valence-corrected chi connectivity index (χ2v) is 9.20. The largest absolute Gasteiger partial charge is 0.480 e. The van der Waals surface area contributed by atoms with Gasteiger partial charge >= 0.3 is 12.1 Å². The second-order valence-electron chi connectivity index (χ2n) is 6.91. The minimum absolute atomic E-state index is 0.0155. The average Bonchev–Trinajstić information content (AvgIpc) is 3.22. The Morgan fingerprint density at radius 2 is 1.67 bits per heavy atom. The summed E-state index contributed by atoms with van der Waals surface area (Å²) in [6, 6.07) is 16.4. The van der Waals surface area contributed by atoms with Gasteiger partial charge in [-0.15, -0.1) is 11.3 Å². The van der Waals surface area contributed by atoms with Gasteiger partial charge in [0.25, 0.3) is 0 Å². The summed E-state index contributed by atoms with van der Waals surface area (Å²) in [6.07, 6.45) is -0.775. The monoisotopic (exact) mass is 461 g/mol. The number of ether oxygens (including phenoxy) is 1. The van der Waals surface area contributed by atoms with Gasteiger partial charge < -0.3 is 15.2 Å². The fourth-order valence-electron chi connectivity index (χ4n) is 3.72. The fraction of sp³-hybridized carbons (Fsp3) is 0.182. The molecule has 0 fully saturated rings. The highest BCUT2D eigenvalue weighted by molar-refractivity contribution is 7.20. The van der Waals surface area contributed by atoms with E-state index < -0.39 is 18.1 Å². The number of carboxylic acid groups (broad SMARTS) is 1. The number of nitrogens with one attached hydrogen (secondary N) is 1. The molecule has 1 amide bonds. The summed E-state index contributed by atoms with van der Waals surface area (Å²) in [4.78, 5) is 24.0. The van der Waals surface area contributed by atoms with Crippen LogP contribution in [0.1, 0.15) is 22.6 Å². The van der Waals surface area contributed by atoms with E-state index in [2.05, 4.69) is 5.32 Å². The molecule has 30 heavy (non-hydrogen) atoms. The van der Waals surface area contributed by atoms with Gasteiger partial charge in [-0.3, -0.25) is 0 Å². The van der Waals surface area contributed by atoms with Crippen molar-refractivity contribution in [2.75, 3.05) is 6.61 Å². The number of carboxylic acids is 1. The third-order valence-electron chi connectivity index (χ3n) is 5.09. The van der Waals surface area contributed by atoms with Crippen LogP contribution in [0.4, 0.5) is 4.79 Å². The summed E-state index contributed by atoms with van der Waals surface area (Å²) in [6.45, 7) is 0.108. The minimum atomic E-state index is -1.18. The lowest BCUT2D eigenvalue weighted by Gasteiger charge is -2.17. The van der Waals surface area contributed by atoms with E-state index in [1.807, 2.05) is 48.5 Å². The molecule has 2 N–H and O–H groups in total. The first kappa shape index (κ1) is 20.7. The molecule has 0 aliphatic heterocycles. The molecule has 0 radical (unpaired) electrons. The summed E-state index contributed by atoms with van der Waals surface area (Å²) in [5.74, 6) is -1.28. The van der Waals surface area contributed by atoms with Crippen molar-refractivity contribution < 1.29 is 19.4 Å². The molecule has 3 aromatic rings. The first-order chi connectivity index (χ1) is 14.4. The number of carbonyl (C=O) groups excluding carboxylic acids is 1. The van der Waals surface area contributed by atoms with Crippen LogP contribution in [0.5, 0.6) is 0 Å². The third-order valence-corrected chi connectivity index (χ3v) is 6.65. The van der Waals surface area contributed by atoms with Gasteiger partial charge in [-0.25, -0.2) is 9.59 Å². The lowest BCUT2D eigenvalue weighted by molar-refractivity contribution is -0.139. The standard InChI is InChI=1S/C22H17Cl2NO4S/c23-19-10-12(20(24)30-19)9-18(21(26)27)25-22(28)29-11-17-15-7-3-1-5-13(15)14-6-2-4-8-16(14)17/h1-8,10,17-18H,9,11H2,(H,25,28)(H,26,27). The Labute approximate surface area is 187 Å². The highest BCUT2D eigenvalue weighted by Gasteiger charge is 2.30. The number of rotatable bonds is 6. The van der Waals surface area contributed by atoms with Crippen LogP contribution in [0.2, 0.25) is 8.67 Å². The van der Waals surface area contributed by atoms with Crippen molar-refractivity contribution in [3.8, 4) is 11.1 Å². The average molecular weight is 462 g/mol. The zero-order chi connectivity index (χ0) is 21.3. The van der Waals surface area contributed by atoms with Crippen molar-refractivity contribution in [3.63, 3.8) is 0 Å². The predicted octanol–water partition coefficient (Wildman–Crippen LogP) is 5.59. The number of aliphatic carboxylic acids is 1. The van der Waals surface area contributed by atoms with Crippen LogP contribution in [-0.4, -0.2) is 29.8 Å². The van der Waals surface area contributed by atoms with Crippen molar-refractivity contribution in [3.05, 3.63) is 80.0 Å². The van der Waals surface area contributed by atoms with E-state index in [0.717, 1.165) is 33.6 Å². The van der Waals surface area contributed by atoms with Crippen LogP contribution in [0.25, 0.3) is 11.1 Å². The molecule has 4 rings (SSSR count). The molecule has 0 saturated heterocycles. The van der Waals surface area contributed by atoms with Crippen molar-refractivity contribution in [1.29, 1.82) is 0 Å². The molecule has 1 aliphatic rings. The summed E-state index contributed by atoms with van der Waals surface area (Å²) >= 11 is 13.1. The highest BCUT2D eigenvalue weighted by atomic mass is 35.5. The summed E-state index contributed by atoms with van der Waals surface area (Å²) in [5, 5.41) is 11.9. The molecule has 1 unspecified atom stereocenters. The highest BCUT2D eigenvalue weighted by Crippen LogP contribution is 2.44. The van der Waals surface area contributed by atoms with Crippen LogP contribution in [0.15, 0.2) is 54.6 Å². The molecular weight excluding hydrogens is 445 g/mol. The topological polar surface area (TPSA) is 75.6 Å². The number of hydrogen-bond acceptors (Lipinski definition) is 4. The predicted molar refractivity (Wildman–Crippen MR) is 118 cm³/mol. The van der Waals surface area contributed by atoms with Gasteiger partial charge in [0.2, 0.25) is 0 Å². The van der Waals surface area contributed by atoms with Gasteiger partial charge in [0.15, 0.2) is 0 Å². The Balaban J connectivity index is 1.44. The molecule has 1 heterocycles. The second kappa shape index (κ2) is 8.68. The number of carbonyl (C=O) groups is 2. The van der Waals surface area contributed by atoms with E-state index in [4.69, 9.17) is 27.9 Å². The molecule has 154 valence electrons. The van der Waals surface area contributed by atoms with E-state index in [1.54, 1.807) is 6.07 Å². The number of alkyl carbamates (subject to hydrolysis) is 1. The molecule has 0 bridgehead atoms. The van der Waals surface area contributed by atoms with Crippen molar-refractivity contribution in [1.82, 2.24) is 5.32 Å². The van der Waals surface area contributed by atoms with Crippen molar-refractivity contribution >= 4 is 46.6 Å². The summed E-state index contributed by atoms with van der Waals surface area (Å²) < 4.78 is 6.29. The van der Waals surface area contributed by atoms with E-state index >= 15 is 0 Å². The molecule has 0 saturated carbocycles.